The second kappa shape index (κ2) is 8.57. The average molecular weight is 477 g/mol. The Labute approximate surface area is 195 Å². The van der Waals surface area contributed by atoms with Gasteiger partial charge in [-0.1, -0.05) is 6.92 Å². The van der Waals surface area contributed by atoms with Crippen LogP contribution in [0.2, 0.25) is 0 Å². The third-order valence-corrected chi connectivity index (χ3v) is 7.86. The lowest BCUT2D eigenvalue weighted by Gasteiger charge is -2.48. The molecule has 3 amide bonds. The van der Waals surface area contributed by atoms with Gasteiger partial charge in [0.2, 0.25) is 5.88 Å². The fourth-order valence-corrected chi connectivity index (χ4v) is 5.65. The monoisotopic (exact) mass is 476 g/mol. The Hall–Kier alpha value is -3.15. The Kier molecular flexibility index (Phi) is 6.05. The highest BCUT2D eigenvalue weighted by Crippen LogP contribution is 2.46. The first-order valence-corrected chi connectivity index (χ1v) is 11.8. The van der Waals surface area contributed by atoms with Gasteiger partial charge < -0.3 is 20.8 Å². The highest BCUT2D eigenvalue weighted by molar-refractivity contribution is 6.07. The van der Waals surface area contributed by atoms with Crippen molar-refractivity contribution in [2.45, 2.75) is 76.4 Å². The maximum Gasteiger partial charge on any atom is 0.334 e. The number of aromatic hydroxyl groups is 1. The van der Waals surface area contributed by atoms with Crippen molar-refractivity contribution in [1.82, 2.24) is 19.4 Å². The van der Waals surface area contributed by atoms with Crippen molar-refractivity contribution in [3.63, 3.8) is 0 Å². The van der Waals surface area contributed by atoms with Crippen LogP contribution < -0.4 is 22.3 Å². The van der Waals surface area contributed by atoms with E-state index in [2.05, 4.69) is 5.32 Å². The summed E-state index contributed by atoms with van der Waals surface area (Å²) in [5.41, 5.74) is 2.20. The van der Waals surface area contributed by atoms with Crippen LogP contribution in [0, 0.1) is 10.8 Å². The number of amides is 3. The normalized spacial score (nSPS) is 25.9. The molecule has 1 aliphatic heterocycles. The lowest BCUT2D eigenvalue weighted by Crippen LogP contribution is -2.58. The van der Waals surface area contributed by atoms with E-state index in [1.165, 1.54) is 0 Å². The topological polar surface area (TPSA) is 184 Å². The molecule has 34 heavy (non-hydrogen) atoms. The zero-order valence-electron chi connectivity index (χ0n) is 19.3. The summed E-state index contributed by atoms with van der Waals surface area (Å²) in [5.74, 6) is -1.50. The molecule has 1 aromatic heterocycles. The molecule has 186 valence electrons. The van der Waals surface area contributed by atoms with Crippen LogP contribution in [0.4, 0.5) is 4.79 Å². The minimum Gasteiger partial charge on any atom is -0.494 e. The predicted octanol–water partition coefficient (Wildman–Crippen LogP) is -0.0220. The number of nitrogens with two attached hydrogens (primary N) is 1. The Morgan fingerprint density at radius 1 is 1.18 bits per heavy atom. The lowest BCUT2D eigenvalue weighted by atomic mass is 9.70. The summed E-state index contributed by atoms with van der Waals surface area (Å²) < 4.78 is 2.12. The molecule has 2 aliphatic carbocycles. The molecule has 12 nitrogen and oxygen atoms in total. The largest absolute Gasteiger partial charge is 0.494 e. The first-order chi connectivity index (χ1) is 16.1. The van der Waals surface area contributed by atoms with E-state index < -0.39 is 51.6 Å². The summed E-state index contributed by atoms with van der Waals surface area (Å²) in [5, 5.41) is 30.8. The molecule has 0 radical (unpaired) electrons. The molecule has 1 spiro atoms. The number of urea groups is 1. The number of aliphatic hydroxyl groups is 1. The quantitative estimate of drug-likeness (QED) is 0.208. The first-order valence-electron chi connectivity index (χ1n) is 11.8. The average Bonchev–Trinajstić information content (AvgIpc) is 3.01. The number of aromatic nitrogens is 2. The fraction of sp³-hybridized carbons (Fsp3) is 0.682. The third kappa shape index (κ3) is 3.51. The van der Waals surface area contributed by atoms with Crippen molar-refractivity contribution in [2.75, 3.05) is 13.2 Å². The molecule has 12 heteroatoms. The number of aliphatic hydroxyl groups excluding tert-OH is 1. The van der Waals surface area contributed by atoms with Crippen LogP contribution >= 0.6 is 0 Å². The number of carbonyl (C=O) groups is 2. The zero-order chi connectivity index (χ0) is 24.8. The van der Waals surface area contributed by atoms with Crippen molar-refractivity contribution in [1.29, 1.82) is 5.41 Å². The Balaban J connectivity index is 1.61. The van der Waals surface area contributed by atoms with Gasteiger partial charge in [0.1, 0.15) is 16.9 Å². The second-order valence-corrected chi connectivity index (χ2v) is 9.84. The Morgan fingerprint density at radius 2 is 1.82 bits per heavy atom. The molecule has 0 unspecified atom stereocenters. The first kappa shape index (κ1) is 24.0. The van der Waals surface area contributed by atoms with E-state index in [0.29, 0.717) is 44.9 Å². The molecule has 2 heterocycles. The van der Waals surface area contributed by atoms with E-state index in [-0.39, 0.29) is 25.6 Å². The molecule has 0 bridgehead atoms. The Morgan fingerprint density at radius 3 is 2.32 bits per heavy atom. The van der Waals surface area contributed by atoms with Gasteiger partial charge in [-0.25, -0.2) is 9.59 Å². The second-order valence-electron chi connectivity index (χ2n) is 9.84. The number of amidine groups is 1. The van der Waals surface area contributed by atoms with Crippen LogP contribution in [-0.4, -0.2) is 60.7 Å². The smallest absolute Gasteiger partial charge is 0.334 e. The number of nitrogens with zero attached hydrogens (tertiary/aromatic N) is 3. The predicted molar refractivity (Wildman–Crippen MR) is 122 cm³/mol. The van der Waals surface area contributed by atoms with Crippen LogP contribution in [0.5, 0.6) is 5.88 Å². The highest BCUT2D eigenvalue weighted by atomic mass is 16.3. The number of nitrogen functional groups attached to an aromatic ring is 1. The van der Waals surface area contributed by atoms with Gasteiger partial charge in [-0.15, -0.1) is 0 Å². The number of carbonyl (C=O) groups excluding carboxylic acids is 2. The minimum atomic E-state index is -0.825. The molecule has 0 aromatic carbocycles. The Bertz CT molecular complexity index is 1140. The third-order valence-electron chi connectivity index (χ3n) is 7.86. The summed E-state index contributed by atoms with van der Waals surface area (Å²) in [6.45, 7) is 2.01. The van der Waals surface area contributed by atoms with Crippen LogP contribution in [0.15, 0.2) is 9.59 Å². The van der Waals surface area contributed by atoms with E-state index in [1.807, 2.05) is 6.92 Å². The van der Waals surface area contributed by atoms with Crippen molar-refractivity contribution < 1.29 is 19.8 Å². The SMILES string of the molecule is CCCn1c(O)c(C(=N)N)c(=O)n(C2CCC(CO)(CN3C(=O)NC(=O)C34CCC4)CC2)c1=O. The number of imide groups is 1. The molecular formula is C22H32N6O6. The summed E-state index contributed by atoms with van der Waals surface area (Å²) in [6, 6.07) is -0.948. The van der Waals surface area contributed by atoms with Crippen LogP contribution in [-0.2, 0) is 11.3 Å². The number of rotatable bonds is 7. The van der Waals surface area contributed by atoms with Gasteiger partial charge in [-0.3, -0.25) is 29.4 Å². The van der Waals surface area contributed by atoms with Gasteiger partial charge in [-0.2, -0.15) is 0 Å². The van der Waals surface area contributed by atoms with Crippen molar-refractivity contribution in [3.05, 3.63) is 26.4 Å². The van der Waals surface area contributed by atoms with Gasteiger partial charge in [0.05, 0.1) is 6.61 Å². The lowest BCUT2D eigenvalue weighted by molar-refractivity contribution is -0.132. The number of hydrogen-bond donors (Lipinski definition) is 5. The van der Waals surface area contributed by atoms with Crippen molar-refractivity contribution in [2.24, 2.45) is 11.1 Å². The summed E-state index contributed by atoms with van der Waals surface area (Å²) in [6.07, 6.45) is 4.19. The van der Waals surface area contributed by atoms with E-state index in [4.69, 9.17) is 11.1 Å². The number of nitrogens with one attached hydrogen (secondary N) is 2. The maximum absolute atomic E-state index is 13.1. The molecule has 6 N–H and O–H groups in total. The molecule has 0 atom stereocenters. The molecular weight excluding hydrogens is 444 g/mol. The summed E-state index contributed by atoms with van der Waals surface area (Å²) >= 11 is 0. The van der Waals surface area contributed by atoms with Crippen LogP contribution in [0.25, 0.3) is 0 Å². The molecule has 1 aromatic rings. The number of hydrogen-bond acceptors (Lipinski definition) is 7. The van der Waals surface area contributed by atoms with Gasteiger partial charge >= 0.3 is 11.7 Å². The standard InChI is InChI=1S/C22H32N6O6/c1-2-10-26-16(30)14(15(23)24)17(31)28(20(26)34)13-4-8-21(12-29,9-5-13)11-27-19(33)25-18(32)22(27)6-3-7-22/h13,29-30H,2-12H2,1H3,(H3,23,24)(H,25,32,33). The van der Waals surface area contributed by atoms with E-state index in [9.17, 15) is 29.4 Å². The summed E-state index contributed by atoms with van der Waals surface area (Å²) in [7, 11) is 0. The van der Waals surface area contributed by atoms with E-state index in [1.54, 1.807) is 4.90 Å². The van der Waals surface area contributed by atoms with E-state index in [0.717, 1.165) is 15.6 Å². The maximum atomic E-state index is 13.1. The van der Waals surface area contributed by atoms with Gasteiger partial charge in [0.25, 0.3) is 11.5 Å². The van der Waals surface area contributed by atoms with Crippen LogP contribution in [0.1, 0.15) is 69.9 Å². The zero-order valence-corrected chi connectivity index (χ0v) is 19.3. The fourth-order valence-electron chi connectivity index (χ4n) is 5.65. The minimum absolute atomic E-state index is 0.165. The molecule has 3 fully saturated rings. The molecule has 2 saturated carbocycles. The van der Waals surface area contributed by atoms with Gasteiger partial charge in [0.15, 0.2) is 0 Å². The van der Waals surface area contributed by atoms with Gasteiger partial charge in [0, 0.05) is 24.5 Å². The molecule has 3 aliphatic rings. The molecule has 1 saturated heterocycles. The van der Waals surface area contributed by atoms with Crippen molar-refractivity contribution in [3.8, 4) is 5.88 Å². The highest BCUT2D eigenvalue weighted by Gasteiger charge is 2.58. The van der Waals surface area contributed by atoms with Gasteiger partial charge in [-0.05, 0) is 51.4 Å². The molecule has 4 rings (SSSR count). The van der Waals surface area contributed by atoms with Crippen LogP contribution in [0.3, 0.4) is 0 Å². The van der Waals surface area contributed by atoms with Crippen molar-refractivity contribution >= 4 is 17.8 Å². The summed E-state index contributed by atoms with van der Waals surface area (Å²) in [4.78, 5) is 52.6. The van der Waals surface area contributed by atoms with E-state index >= 15 is 0 Å².